The number of hydrogen-bond acceptors (Lipinski definition) is 2. The molecule has 0 heterocycles. The molecule has 0 saturated carbocycles. The molecule has 0 radical (unpaired) electrons. The summed E-state index contributed by atoms with van der Waals surface area (Å²) in [6.07, 6.45) is 0.698. The Morgan fingerprint density at radius 2 is 1.68 bits per heavy atom. The molecule has 0 aliphatic rings. The molecule has 0 aromatic heterocycles. The highest BCUT2D eigenvalue weighted by Crippen LogP contribution is 2.25. The van der Waals surface area contributed by atoms with Crippen molar-refractivity contribution in [1.82, 2.24) is 0 Å². The van der Waals surface area contributed by atoms with Crippen LogP contribution in [0.15, 0.2) is 36.4 Å². The first-order chi connectivity index (χ1) is 10.4. The molecule has 0 bridgehead atoms. The molecule has 1 unspecified atom stereocenters. The summed E-state index contributed by atoms with van der Waals surface area (Å²) in [5.74, 6) is -0.511. The molecule has 2 aromatic rings. The van der Waals surface area contributed by atoms with Crippen LogP contribution in [0.1, 0.15) is 41.8 Å². The van der Waals surface area contributed by atoms with Crippen molar-refractivity contribution in [2.75, 3.05) is 0 Å². The van der Waals surface area contributed by atoms with Crippen LogP contribution in [0.3, 0.4) is 0 Å². The van der Waals surface area contributed by atoms with Crippen LogP contribution in [0.5, 0.6) is 0 Å². The largest absolute Gasteiger partial charge is 0.459 e. The van der Waals surface area contributed by atoms with Crippen molar-refractivity contribution in [1.29, 1.82) is 0 Å². The summed E-state index contributed by atoms with van der Waals surface area (Å²) in [5, 5.41) is 0. The fraction of sp³-hybridized carbons (Fsp3) is 0.316. The van der Waals surface area contributed by atoms with Gasteiger partial charge in [-0.25, -0.2) is 9.18 Å². The Morgan fingerprint density at radius 1 is 1.09 bits per heavy atom. The molecule has 22 heavy (non-hydrogen) atoms. The zero-order chi connectivity index (χ0) is 16.3. The van der Waals surface area contributed by atoms with Gasteiger partial charge in [0.15, 0.2) is 0 Å². The van der Waals surface area contributed by atoms with Gasteiger partial charge in [0, 0.05) is 0 Å². The number of hydrogen-bond donors (Lipinski definition) is 0. The fourth-order valence-electron chi connectivity index (χ4n) is 2.23. The average molecular weight is 300 g/mol. The number of ether oxygens (including phenoxy) is 1. The lowest BCUT2D eigenvalue weighted by Gasteiger charge is -2.13. The van der Waals surface area contributed by atoms with Crippen LogP contribution in [0.25, 0.3) is 11.1 Å². The molecule has 0 fully saturated rings. The third kappa shape index (κ3) is 3.53. The van der Waals surface area contributed by atoms with E-state index in [-0.39, 0.29) is 17.9 Å². The van der Waals surface area contributed by atoms with Crippen LogP contribution in [0.2, 0.25) is 0 Å². The summed E-state index contributed by atoms with van der Waals surface area (Å²) in [6.45, 7) is 7.48. The summed E-state index contributed by atoms with van der Waals surface area (Å²) in [5.41, 5.74) is 3.93. The van der Waals surface area contributed by atoms with Gasteiger partial charge in [0.05, 0.1) is 11.7 Å². The number of rotatable bonds is 4. The Labute approximate surface area is 130 Å². The zero-order valence-electron chi connectivity index (χ0n) is 13.4. The van der Waals surface area contributed by atoms with Gasteiger partial charge < -0.3 is 4.74 Å². The van der Waals surface area contributed by atoms with Crippen LogP contribution < -0.4 is 0 Å². The molecule has 116 valence electrons. The van der Waals surface area contributed by atoms with Crippen LogP contribution in [-0.2, 0) is 4.74 Å². The predicted octanol–water partition coefficient (Wildman–Crippen LogP) is 5.06. The fourth-order valence-corrected chi connectivity index (χ4v) is 2.23. The van der Waals surface area contributed by atoms with E-state index in [1.807, 2.05) is 32.9 Å². The molecule has 0 spiro atoms. The molecule has 0 aliphatic carbocycles. The van der Waals surface area contributed by atoms with E-state index < -0.39 is 0 Å². The van der Waals surface area contributed by atoms with Crippen LogP contribution in [-0.4, -0.2) is 12.1 Å². The predicted molar refractivity (Wildman–Crippen MR) is 86.5 cm³/mol. The third-order valence-electron chi connectivity index (χ3n) is 3.82. The molecule has 0 N–H and O–H groups in total. The molecule has 2 aromatic carbocycles. The summed E-state index contributed by atoms with van der Waals surface area (Å²) in [6, 6.07) is 10.6. The topological polar surface area (TPSA) is 26.3 Å². The van der Waals surface area contributed by atoms with E-state index in [1.165, 1.54) is 6.07 Å². The Bertz CT molecular complexity index is 692. The van der Waals surface area contributed by atoms with E-state index in [0.717, 1.165) is 23.1 Å². The van der Waals surface area contributed by atoms with Crippen molar-refractivity contribution < 1.29 is 13.9 Å². The van der Waals surface area contributed by atoms with Gasteiger partial charge in [0.1, 0.15) is 5.82 Å². The van der Waals surface area contributed by atoms with Crippen molar-refractivity contribution in [2.45, 2.75) is 40.2 Å². The van der Waals surface area contributed by atoms with Crippen molar-refractivity contribution in [3.63, 3.8) is 0 Å². The quantitative estimate of drug-likeness (QED) is 0.737. The van der Waals surface area contributed by atoms with Crippen LogP contribution in [0.4, 0.5) is 4.39 Å². The maximum Gasteiger partial charge on any atom is 0.338 e. The first-order valence-electron chi connectivity index (χ1n) is 7.50. The number of carbonyl (C=O) groups excluding carboxylic acids is 1. The monoisotopic (exact) mass is 300 g/mol. The van der Waals surface area contributed by atoms with Crippen LogP contribution in [0, 0.1) is 19.7 Å². The second kappa shape index (κ2) is 6.73. The first-order valence-corrected chi connectivity index (χ1v) is 7.50. The Balaban J connectivity index is 2.29. The van der Waals surface area contributed by atoms with Gasteiger partial charge in [-0.3, -0.25) is 0 Å². The Kier molecular flexibility index (Phi) is 4.96. The molecule has 2 rings (SSSR count). The Morgan fingerprint density at radius 3 is 2.23 bits per heavy atom. The van der Waals surface area contributed by atoms with Gasteiger partial charge in [0.2, 0.25) is 0 Å². The van der Waals surface area contributed by atoms with E-state index in [1.54, 1.807) is 25.1 Å². The number of carbonyl (C=O) groups is 1. The molecule has 0 saturated heterocycles. The van der Waals surface area contributed by atoms with Crippen molar-refractivity contribution in [3.8, 4) is 11.1 Å². The van der Waals surface area contributed by atoms with Gasteiger partial charge in [-0.2, -0.15) is 0 Å². The molecule has 3 heteroatoms. The zero-order valence-corrected chi connectivity index (χ0v) is 13.4. The summed E-state index contributed by atoms with van der Waals surface area (Å²) >= 11 is 0. The second-order valence-corrected chi connectivity index (χ2v) is 5.62. The van der Waals surface area contributed by atoms with Crippen molar-refractivity contribution >= 4 is 5.97 Å². The minimum atomic E-state index is -0.298. The van der Waals surface area contributed by atoms with Gasteiger partial charge in [-0.05, 0) is 67.6 Å². The standard InChI is InChI=1S/C19H21FO2/c1-5-14(4)22-19(21)17-8-6-15(10-12(17)2)16-7-9-18(20)13(3)11-16/h6-11,14H,5H2,1-4H3. The Hall–Kier alpha value is -2.16. The van der Waals surface area contributed by atoms with Gasteiger partial charge >= 0.3 is 5.97 Å². The lowest BCUT2D eigenvalue weighted by molar-refractivity contribution is 0.0333. The third-order valence-corrected chi connectivity index (χ3v) is 3.82. The molecule has 2 nitrogen and oxygen atoms in total. The molecular weight excluding hydrogens is 279 g/mol. The smallest absolute Gasteiger partial charge is 0.338 e. The van der Waals surface area contributed by atoms with E-state index in [9.17, 15) is 9.18 Å². The first kappa shape index (κ1) is 16.2. The highest BCUT2D eigenvalue weighted by molar-refractivity contribution is 5.92. The minimum absolute atomic E-state index is 0.0914. The normalized spacial score (nSPS) is 12.0. The SMILES string of the molecule is CCC(C)OC(=O)c1ccc(-c2ccc(F)c(C)c2)cc1C. The van der Waals surface area contributed by atoms with Crippen LogP contribution >= 0.6 is 0 Å². The number of halogens is 1. The number of aryl methyl sites for hydroxylation is 2. The number of benzene rings is 2. The molecule has 0 aliphatic heterocycles. The van der Waals surface area contributed by atoms with E-state index in [4.69, 9.17) is 4.74 Å². The van der Waals surface area contributed by atoms with E-state index >= 15 is 0 Å². The molecule has 0 amide bonds. The van der Waals surface area contributed by atoms with E-state index in [2.05, 4.69) is 0 Å². The van der Waals surface area contributed by atoms with Gasteiger partial charge in [-0.1, -0.05) is 25.1 Å². The molecule has 1 atom stereocenters. The van der Waals surface area contributed by atoms with E-state index in [0.29, 0.717) is 11.1 Å². The average Bonchev–Trinajstić information content (AvgIpc) is 2.49. The maximum absolute atomic E-state index is 13.4. The molecular formula is C19H21FO2. The second-order valence-electron chi connectivity index (χ2n) is 5.62. The summed E-state index contributed by atoms with van der Waals surface area (Å²) in [4.78, 5) is 12.1. The lowest BCUT2D eigenvalue weighted by atomic mass is 9.98. The highest BCUT2D eigenvalue weighted by Gasteiger charge is 2.14. The minimum Gasteiger partial charge on any atom is -0.459 e. The van der Waals surface area contributed by atoms with Crippen molar-refractivity contribution in [3.05, 3.63) is 58.9 Å². The maximum atomic E-state index is 13.4. The van der Waals surface area contributed by atoms with Crippen molar-refractivity contribution in [2.24, 2.45) is 0 Å². The van der Waals surface area contributed by atoms with Gasteiger partial charge in [-0.15, -0.1) is 0 Å². The lowest BCUT2D eigenvalue weighted by Crippen LogP contribution is -2.15. The van der Waals surface area contributed by atoms with Gasteiger partial charge in [0.25, 0.3) is 0 Å². The number of esters is 1. The summed E-state index contributed by atoms with van der Waals surface area (Å²) in [7, 11) is 0. The highest BCUT2D eigenvalue weighted by atomic mass is 19.1. The summed E-state index contributed by atoms with van der Waals surface area (Å²) < 4.78 is 18.7.